The number of nitrogens with one attached hydrogen (secondary N) is 1. The van der Waals surface area contributed by atoms with E-state index in [1.165, 1.54) is 11.1 Å². The lowest BCUT2D eigenvalue weighted by Gasteiger charge is -2.47. The zero-order chi connectivity index (χ0) is 30.5. The quantitative estimate of drug-likeness (QED) is 0.358. The first kappa shape index (κ1) is 30.8. The van der Waals surface area contributed by atoms with Gasteiger partial charge in [0, 0.05) is 34.3 Å². The smallest absolute Gasteiger partial charge is 0.262 e. The molecule has 0 saturated heterocycles. The molecule has 8 atom stereocenters. The third-order valence-corrected chi connectivity index (χ3v) is 13.7. The zero-order valence-electron chi connectivity index (χ0n) is 25.8. The van der Waals surface area contributed by atoms with Crippen molar-refractivity contribution >= 4 is 38.8 Å². The molecular formula is C35H47ClN2O4S. The number of rotatable bonds is 1. The van der Waals surface area contributed by atoms with Gasteiger partial charge in [0.15, 0.2) is 0 Å². The van der Waals surface area contributed by atoms with Crippen LogP contribution in [-0.4, -0.2) is 52.1 Å². The number of anilines is 1. The van der Waals surface area contributed by atoms with Crippen LogP contribution in [0.5, 0.6) is 5.75 Å². The highest BCUT2D eigenvalue weighted by Crippen LogP contribution is 2.48. The van der Waals surface area contributed by atoms with Crippen molar-refractivity contribution in [3.05, 3.63) is 58.1 Å². The van der Waals surface area contributed by atoms with Gasteiger partial charge in [-0.25, -0.2) is 4.21 Å². The molecule has 0 radical (unpaired) electrons. The highest BCUT2D eigenvalue weighted by Gasteiger charge is 2.45. The van der Waals surface area contributed by atoms with Crippen LogP contribution in [0.4, 0.5) is 5.69 Å². The van der Waals surface area contributed by atoms with E-state index in [1.54, 1.807) is 6.07 Å². The minimum absolute atomic E-state index is 0.130. The molecule has 4 aliphatic rings. The van der Waals surface area contributed by atoms with Crippen LogP contribution in [0.2, 0.25) is 5.02 Å². The van der Waals surface area contributed by atoms with Gasteiger partial charge in [0.2, 0.25) is 0 Å². The van der Waals surface area contributed by atoms with Gasteiger partial charge in [0.05, 0.1) is 28.1 Å². The monoisotopic (exact) mass is 626 g/mol. The first-order chi connectivity index (χ1) is 20.5. The van der Waals surface area contributed by atoms with Crippen LogP contribution < -0.4 is 14.4 Å². The molecule has 43 heavy (non-hydrogen) atoms. The lowest BCUT2D eigenvalue weighted by atomic mass is 9.64. The van der Waals surface area contributed by atoms with E-state index in [1.807, 2.05) is 32.0 Å². The van der Waals surface area contributed by atoms with Crippen molar-refractivity contribution in [2.45, 2.75) is 88.9 Å². The number of nitrogens with zero attached hydrogens (tertiary/aromatic N) is 1. The molecule has 2 aromatic rings. The second-order valence-electron chi connectivity index (χ2n) is 14.0. The summed E-state index contributed by atoms with van der Waals surface area (Å²) in [5.74, 6) is 5.68. The fourth-order valence-corrected chi connectivity index (χ4v) is 10.0. The molecule has 0 aromatic heterocycles. The summed E-state index contributed by atoms with van der Waals surface area (Å²) >= 11 is 6.43. The van der Waals surface area contributed by atoms with E-state index in [2.05, 4.69) is 34.5 Å². The number of ether oxygens (including phenoxy) is 1. The van der Waals surface area contributed by atoms with Gasteiger partial charge < -0.3 is 14.7 Å². The highest BCUT2D eigenvalue weighted by molar-refractivity contribution is 7.99. The first-order valence-electron chi connectivity index (χ1n) is 16.1. The molecule has 8 heteroatoms. The fourth-order valence-electron chi connectivity index (χ4n) is 8.33. The summed E-state index contributed by atoms with van der Waals surface area (Å²) in [5, 5.41) is 11.4. The number of aliphatic hydroxyl groups is 1. The van der Waals surface area contributed by atoms with E-state index in [4.69, 9.17) is 16.3 Å². The van der Waals surface area contributed by atoms with E-state index in [0.29, 0.717) is 24.0 Å². The van der Waals surface area contributed by atoms with E-state index >= 15 is 0 Å². The van der Waals surface area contributed by atoms with E-state index in [-0.39, 0.29) is 34.5 Å². The molecule has 1 fully saturated rings. The summed E-state index contributed by atoms with van der Waals surface area (Å²) in [4.78, 5) is 16.0. The van der Waals surface area contributed by atoms with Crippen molar-refractivity contribution in [1.29, 1.82) is 0 Å². The van der Waals surface area contributed by atoms with Gasteiger partial charge in [-0.2, -0.15) is 0 Å². The van der Waals surface area contributed by atoms with Crippen LogP contribution in [-0.2, 0) is 21.5 Å². The predicted molar refractivity (Wildman–Crippen MR) is 177 cm³/mol. The van der Waals surface area contributed by atoms with Gasteiger partial charge in [-0.05, 0) is 130 Å². The van der Waals surface area contributed by atoms with E-state index in [9.17, 15) is 14.1 Å². The van der Waals surface area contributed by atoms with Crippen LogP contribution in [0.1, 0.15) is 87.2 Å². The summed E-state index contributed by atoms with van der Waals surface area (Å²) < 4.78 is 23.1. The Bertz CT molecular complexity index is 1480. The second-order valence-corrected chi connectivity index (χ2v) is 16.8. The SMILES string of the molecule is C=S1(=O)NC(=O)c2ccc3c(c2)N(C[C@@H]2CC[C@H]2[C@H]([C@H](C)O)CCC[C@H](C)[C@H]1C)C[C@@]1(CCCc2cc(Cl)ccc21)CO3. The number of amides is 1. The number of halogens is 1. The summed E-state index contributed by atoms with van der Waals surface area (Å²) in [6.45, 7) is 8.16. The summed E-state index contributed by atoms with van der Waals surface area (Å²) in [5.41, 5.74) is 3.79. The average molecular weight is 627 g/mol. The molecule has 1 saturated carbocycles. The maximum Gasteiger partial charge on any atom is 0.262 e. The van der Waals surface area contributed by atoms with E-state index < -0.39 is 9.71 Å². The van der Waals surface area contributed by atoms with Gasteiger partial charge in [-0.3, -0.25) is 9.52 Å². The molecule has 1 amide bonds. The molecule has 2 heterocycles. The minimum Gasteiger partial charge on any atom is -0.490 e. The Labute approximate surface area is 262 Å². The predicted octanol–water partition coefficient (Wildman–Crippen LogP) is 6.41. The number of hydrogen-bond acceptors (Lipinski definition) is 5. The molecule has 6 rings (SSSR count). The third kappa shape index (κ3) is 5.94. The van der Waals surface area contributed by atoms with Crippen LogP contribution in [0, 0.1) is 23.7 Å². The van der Waals surface area contributed by atoms with Crippen LogP contribution >= 0.6 is 11.6 Å². The molecule has 234 valence electrons. The third-order valence-electron chi connectivity index (χ3n) is 11.3. The normalized spacial score (nSPS) is 35.4. The van der Waals surface area contributed by atoms with Gasteiger partial charge in [-0.15, -0.1) is 0 Å². The molecule has 1 spiro atoms. The topological polar surface area (TPSA) is 78.9 Å². The number of carbonyl (C=O) groups is 1. The largest absolute Gasteiger partial charge is 0.490 e. The van der Waals surface area contributed by atoms with Gasteiger partial charge in [-0.1, -0.05) is 31.0 Å². The Hall–Kier alpha value is -2.22. The number of hydrogen-bond donors (Lipinski definition) is 2. The van der Waals surface area contributed by atoms with Crippen LogP contribution in [0.25, 0.3) is 0 Å². The molecule has 6 nitrogen and oxygen atoms in total. The number of aliphatic hydroxyl groups excluding tert-OH is 1. The Morgan fingerprint density at radius 2 is 1.95 bits per heavy atom. The van der Waals surface area contributed by atoms with E-state index in [0.717, 1.165) is 80.9 Å². The summed E-state index contributed by atoms with van der Waals surface area (Å²) in [6, 6.07) is 11.9. The van der Waals surface area contributed by atoms with Gasteiger partial charge >= 0.3 is 0 Å². The minimum atomic E-state index is -2.88. The van der Waals surface area contributed by atoms with Crippen LogP contribution in [0.3, 0.4) is 0 Å². The van der Waals surface area contributed by atoms with Crippen molar-refractivity contribution in [2.24, 2.45) is 23.7 Å². The molecule has 1 unspecified atom stereocenters. The number of carbonyl (C=O) groups excluding carboxylic acids is 1. The molecule has 2 aliphatic carbocycles. The Morgan fingerprint density at radius 3 is 2.70 bits per heavy atom. The van der Waals surface area contributed by atoms with Gasteiger partial charge in [0.25, 0.3) is 5.91 Å². The molecule has 2 aromatic carbocycles. The Morgan fingerprint density at radius 1 is 1.14 bits per heavy atom. The highest BCUT2D eigenvalue weighted by atomic mass is 35.5. The second kappa shape index (κ2) is 11.9. The first-order valence-corrected chi connectivity index (χ1v) is 18.3. The van der Waals surface area contributed by atoms with Gasteiger partial charge in [0.1, 0.15) is 5.75 Å². The lowest BCUT2D eigenvalue weighted by molar-refractivity contribution is 0.0112. The van der Waals surface area contributed by atoms with Crippen molar-refractivity contribution in [1.82, 2.24) is 4.72 Å². The van der Waals surface area contributed by atoms with Crippen molar-refractivity contribution in [3.8, 4) is 5.75 Å². The van der Waals surface area contributed by atoms with Crippen molar-refractivity contribution in [2.75, 3.05) is 24.6 Å². The van der Waals surface area contributed by atoms with Crippen LogP contribution in [0.15, 0.2) is 36.4 Å². The lowest BCUT2D eigenvalue weighted by Crippen LogP contribution is -2.49. The summed E-state index contributed by atoms with van der Waals surface area (Å²) in [6.07, 6.45) is 7.78. The standard InChI is InChI=1S/C35H47ClN2O4S/c1-22-7-5-9-29(23(2)39)30-13-10-27(30)19-38-20-35(16-6-8-25-17-28(36)12-14-31(25)35)21-42-33-15-11-26(18-32(33)38)34(40)37-43(4,41)24(22)3/h11-12,14-15,17-18,22-24,27,29-30,39H,4-10,13,16,19-21H2,1-3H3,(H,37,40,41)/t22-,23-,24+,27-,29-,30+,35-,43?/m0/s1. The maximum atomic E-state index is 13.7. The Kier molecular flexibility index (Phi) is 8.55. The maximum absolute atomic E-state index is 13.7. The summed E-state index contributed by atoms with van der Waals surface area (Å²) in [7, 11) is -2.88. The molecular weight excluding hydrogens is 580 g/mol. The number of benzene rings is 2. The molecule has 2 bridgehead atoms. The Balaban J connectivity index is 1.42. The van der Waals surface area contributed by atoms with Crippen molar-refractivity contribution < 1.29 is 18.8 Å². The molecule has 2 N–H and O–H groups in total. The number of fused-ring (bicyclic) bond motifs is 4. The fraction of sp³-hybridized carbons (Fsp3) is 0.600. The zero-order valence-corrected chi connectivity index (χ0v) is 27.4. The van der Waals surface area contributed by atoms with Crippen molar-refractivity contribution in [3.63, 3.8) is 0 Å². The molecule has 2 aliphatic heterocycles. The average Bonchev–Trinajstić information content (AvgIpc) is 3.10. The number of aryl methyl sites for hydroxylation is 1.